The zero-order valence-corrected chi connectivity index (χ0v) is 27.8. The predicted molar refractivity (Wildman–Crippen MR) is 186 cm³/mol. The first-order chi connectivity index (χ1) is 25.0. The van der Waals surface area contributed by atoms with Gasteiger partial charge in [0, 0.05) is 36.3 Å². The van der Waals surface area contributed by atoms with E-state index in [1.54, 1.807) is 36.5 Å². The van der Waals surface area contributed by atoms with Crippen molar-refractivity contribution in [2.45, 2.75) is 68.5 Å². The third kappa shape index (κ3) is 7.41. The molecule has 0 radical (unpaired) electrons. The second-order valence-electron chi connectivity index (χ2n) is 12.8. The number of carbonyl (C=O) groups is 2. The molecule has 1 fully saturated rings. The van der Waals surface area contributed by atoms with Gasteiger partial charge in [-0.05, 0) is 59.4 Å². The lowest BCUT2D eigenvalue weighted by molar-refractivity contribution is -0.277. The molecule has 0 unspecified atom stereocenters. The lowest BCUT2D eigenvalue weighted by Gasteiger charge is -2.39. The molecule has 3 aliphatic heterocycles. The number of aliphatic hydroxyl groups is 5. The van der Waals surface area contributed by atoms with Gasteiger partial charge in [-0.2, -0.15) is 0 Å². The number of ether oxygens (including phenoxy) is 2. The molecule has 3 heterocycles. The average Bonchev–Trinajstić information content (AvgIpc) is 3.77. The molecule has 274 valence electrons. The number of benzene rings is 3. The van der Waals surface area contributed by atoms with E-state index in [1.807, 2.05) is 6.07 Å². The fraction of sp³-hybridized carbons (Fsp3) is 0.351. The number of aryl methyl sites for hydroxylation is 1. The molecular weight excluding hydrogens is 678 g/mol. The number of carboxylic acid groups (broad SMARTS) is 1. The maximum Gasteiger partial charge on any atom is 0.327 e. The van der Waals surface area contributed by atoms with Crippen LogP contribution in [0.4, 0.5) is 5.69 Å². The predicted octanol–water partition coefficient (Wildman–Crippen LogP) is 1.02. The number of aromatic hydroxyl groups is 2. The number of phenols is 2. The number of anilines is 1. The first-order valence-electron chi connectivity index (χ1n) is 16.6. The third-order valence-corrected chi connectivity index (χ3v) is 9.51. The Morgan fingerprint density at radius 3 is 2.40 bits per heavy atom. The van der Waals surface area contributed by atoms with Gasteiger partial charge in [-0.3, -0.25) is 19.7 Å². The normalized spacial score (nSPS) is 25.4. The van der Waals surface area contributed by atoms with E-state index in [2.05, 4.69) is 9.98 Å². The van der Waals surface area contributed by atoms with E-state index in [9.17, 15) is 50.4 Å². The van der Waals surface area contributed by atoms with Gasteiger partial charge in [0.05, 0.1) is 24.6 Å². The summed E-state index contributed by atoms with van der Waals surface area (Å²) in [5.41, 5.74) is 3.62. The minimum atomic E-state index is -1.81. The summed E-state index contributed by atoms with van der Waals surface area (Å²) in [5.74, 6) is -3.67. The number of phenolic OH excluding ortho intramolecular Hbond substituents is 2. The van der Waals surface area contributed by atoms with E-state index in [0.717, 1.165) is 10.5 Å². The van der Waals surface area contributed by atoms with Crippen LogP contribution in [0.1, 0.15) is 40.2 Å². The molecule has 0 spiro atoms. The average molecular weight is 718 g/mol. The minimum Gasteiger partial charge on any atom is -0.508 e. The van der Waals surface area contributed by atoms with E-state index >= 15 is 0 Å². The highest BCUT2D eigenvalue weighted by atomic mass is 16.7. The molecule has 3 aliphatic rings. The van der Waals surface area contributed by atoms with Crippen LogP contribution < -0.4 is 9.64 Å². The summed E-state index contributed by atoms with van der Waals surface area (Å²) >= 11 is 0. The minimum absolute atomic E-state index is 0.0308. The number of hydrogen-bond donors (Lipinski definition) is 8. The first-order valence-corrected chi connectivity index (χ1v) is 16.6. The van der Waals surface area contributed by atoms with Crippen LogP contribution >= 0.6 is 0 Å². The Balaban J connectivity index is 1.35. The second kappa shape index (κ2) is 15.6. The van der Waals surface area contributed by atoms with Crippen molar-refractivity contribution in [1.29, 1.82) is 0 Å². The van der Waals surface area contributed by atoms with Crippen molar-refractivity contribution in [2.24, 2.45) is 9.98 Å². The Morgan fingerprint density at radius 1 is 0.942 bits per heavy atom. The Kier molecular flexibility index (Phi) is 11.0. The number of nitrogens with zero attached hydrogens (tertiary/aromatic N) is 3. The van der Waals surface area contributed by atoms with Gasteiger partial charge in [0.25, 0.3) is 5.91 Å². The first kappa shape index (κ1) is 36.6. The Morgan fingerprint density at radius 2 is 1.71 bits per heavy atom. The Bertz CT molecular complexity index is 1910. The number of aliphatic carboxylic acids is 1. The Labute approximate surface area is 297 Å². The number of hydrogen-bond acceptors (Lipinski definition) is 13. The summed E-state index contributed by atoms with van der Waals surface area (Å²) in [6, 6.07) is 12.9. The number of rotatable bonds is 12. The van der Waals surface area contributed by atoms with Crippen LogP contribution in [0.15, 0.2) is 70.7 Å². The van der Waals surface area contributed by atoms with Gasteiger partial charge in [0.15, 0.2) is 11.5 Å². The van der Waals surface area contributed by atoms with Gasteiger partial charge in [0.2, 0.25) is 6.29 Å². The number of fused-ring (bicyclic) bond motifs is 1. The van der Waals surface area contributed by atoms with Crippen LogP contribution in [0.2, 0.25) is 0 Å². The number of amides is 1. The van der Waals surface area contributed by atoms with E-state index in [0.29, 0.717) is 47.5 Å². The quantitative estimate of drug-likeness (QED) is 0.123. The largest absolute Gasteiger partial charge is 0.508 e. The molecule has 8 N–H and O–H groups in total. The number of carbonyl (C=O) groups excluding carboxylic acids is 1. The second-order valence-corrected chi connectivity index (χ2v) is 12.8. The number of carboxylic acids is 1. The van der Waals surface area contributed by atoms with Crippen LogP contribution in [0.3, 0.4) is 0 Å². The van der Waals surface area contributed by atoms with Gasteiger partial charge >= 0.3 is 5.97 Å². The molecule has 0 bridgehead atoms. The summed E-state index contributed by atoms with van der Waals surface area (Å²) in [5, 5.41) is 82.6. The van der Waals surface area contributed by atoms with Gasteiger partial charge in [-0.25, -0.2) is 4.79 Å². The van der Waals surface area contributed by atoms with Crippen molar-refractivity contribution in [1.82, 2.24) is 0 Å². The van der Waals surface area contributed by atoms with Gasteiger partial charge in [-0.1, -0.05) is 30.3 Å². The topological polar surface area (TPSA) is 242 Å². The highest BCUT2D eigenvalue weighted by molar-refractivity contribution is 6.32. The molecule has 3 aromatic rings. The maximum absolute atomic E-state index is 14.0. The zero-order valence-electron chi connectivity index (χ0n) is 27.8. The number of aliphatic hydroxyl groups excluding tert-OH is 5. The van der Waals surface area contributed by atoms with Crippen LogP contribution in [0, 0.1) is 0 Å². The molecule has 0 aliphatic carbocycles. The molecule has 1 saturated heterocycles. The van der Waals surface area contributed by atoms with Gasteiger partial charge < -0.3 is 50.3 Å². The van der Waals surface area contributed by atoms with E-state index < -0.39 is 66.9 Å². The lowest BCUT2D eigenvalue weighted by atomic mass is 9.87. The van der Waals surface area contributed by atoms with E-state index in [1.165, 1.54) is 30.4 Å². The van der Waals surface area contributed by atoms with Crippen molar-refractivity contribution in [3.63, 3.8) is 0 Å². The lowest BCUT2D eigenvalue weighted by Crippen LogP contribution is -2.60. The smallest absolute Gasteiger partial charge is 0.327 e. The number of aliphatic imine (C=N–C) groups is 2. The summed E-state index contributed by atoms with van der Waals surface area (Å²) in [4.78, 5) is 36.4. The molecule has 7 atom stereocenters. The standard InChI is InChI=1S/C37H39N3O12/c41-16-21-4-2-1-3-20(21)7-8-24-25-13-28(44)29(51-37-35(48)34(47)33(46)30(17-42)52-37)14-26(25)40(32(24)36(49)50)31(45)10-6-19-5-9-27(43)22(11-19)12-23-15-38-18-39-23/h1-6,9-11,13-15,24,30,32-35,37,41-44,46-48H,7-8,12,16-18H2,(H,49,50)/b10-6-/t24-,30-,32-,33-,34+,35-,37-/m1/s1. The van der Waals surface area contributed by atoms with Crippen LogP contribution in [-0.2, 0) is 33.8 Å². The van der Waals surface area contributed by atoms with Crippen molar-refractivity contribution in [3.8, 4) is 17.2 Å². The van der Waals surface area contributed by atoms with Crippen molar-refractivity contribution in [3.05, 3.63) is 88.5 Å². The fourth-order valence-electron chi connectivity index (χ4n) is 6.80. The molecule has 0 aromatic heterocycles. The Hall–Kier alpha value is -5.16. The fourth-order valence-corrected chi connectivity index (χ4v) is 6.80. The summed E-state index contributed by atoms with van der Waals surface area (Å²) < 4.78 is 11.2. The molecule has 0 saturated carbocycles. The van der Waals surface area contributed by atoms with Crippen molar-refractivity contribution >= 4 is 35.6 Å². The summed E-state index contributed by atoms with van der Waals surface area (Å²) in [6.07, 6.45) is -3.06. The maximum atomic E-state index is 14.0. The molecule has 6 rings (SSSR count). The highest BCUT2D eigenvalue weighted by Gasteiger charge is 2.48. The molecule has 52 heavy (non-hydrogen) atoms. The monoisotopic (exact) mass is 717 g/mol. The van der Waals surface area contributed by atoms with Crippen LogP contribution in [0.5, 0.6) is 17.2 Å². The van der Waals surface area contributed by atoms with Crippen LogP contribution in [-0.4, -0.2) is 115 Å². The van der Waals surface area contributed by atoms with Gasteiger partial charge in [-0.15, -0.1) is 0 Å². The molecule has 15 nitrogen and oxygen atoms in total. The van der Waals surface area contributed by atoms with E-state index in [4.69, 9.17) is 9.47 Å². The van der Waals surface area contributed by atoms with Gasteiger partial charge in [0.1, 0.15) is 42.9 Å². The molecule has 15 heteroatoms. The molecule has 1 amide bonds. The summed E-state index contributed by atoms with van der Waals surface area (Å²) in [7, 11) is 0. The molecule has 3 aromatic carbocycles. The zero-order chi connectivity index (χ0) is 37.1. The summed E-state index contributed by atoms with van der Waals surface area (Å²) in [6.45, 7) is -0.633. The van der Waals surface area contributed by atoms with E-state index in [-0.39, 0.29) is 30.2 Å². The third-order valence-electron chi connectivity index (χ3n) is 9.51. The van der Waals surface area contributed by atoms with Crippen molar-refractivity contribution in [2.75, 3.05) is 18.2 Å². The van der Waals surface area contributed by atoms with Crippen LogP contribution in [0.25, 0.3) is 6.08 Å². The van der Waals surface area contributed by atoms with Crippen molar-refractivity contribution < 1.29 is 59.9 Å². The highest BCUT2D eigenvalue weighted by Crippen LogP contribution is 2.49. The molecular formula is C37H39N3O12. The SMILES string of the molecule is O=C(O)[C@H]1[C@H](CCc2ccccc2CO)c2cc(O)c(O[C@@H]3O[C@H](CO)[C@@H](O)[C@H](O)[C@H]3O)cc2N1C(=O)/C=C\c1ccc(O)c(CC2=NCN=C2)c1.